The third kappa shape index (κ3) is 12.0. The highest BCUT2D eigenvalue weighted by Crippen LogP contribution is 2.14. The van der Waals surface area contributed by atoms with E-state index in [1.54, 1.807) is 0 Å². The molecule has 1 unspecified atom stereocenters. The first-order valence-electron chi connectivity index (χ1n) is 5.40. The Hall–Kier alpha value is -0.300. The largest absolute Gasteiger partial charge is 0.411 e. The van der Waals surface area contributed by atoms with Crippen LogP contribution in [0, 0.1) is 0 Å². The molecule has 0 heterocycles. The van der Waals surface area contributed by atoms with Crippen molar-refractivity contribution in [1.82, 2.24) is 5.32 Å². The zero-order valence-corrected chi connectivity index (χ0v) is 11.2. The topological polar surface area (TPSA) is 38.3 Å². The first-order chi connectivity index (χ1) is 7.85. The molecule has 0 aromatic heterocycles. The smallest absolute Gasteiger partial charge is 0.372 e. The van der Waals surface area contributed by atoms with E-state index in [-0.39, 0.29) is 23.8 Å². The summed E-state index contributed by atoms with van der Waals surface area (Å²) in [6, 6.07) is 0. The van der Waals surface area contributed by atoms with E-state index < -0.39 is 12.8 Å². The zero-order chi connectivity index (χ0) is 13.3. The molecule has 0 aliphatic carbocycles. The zero-order valence-electron chi connectivity index (χ0n) is 9.65. The number of ether oxygens (including phenoxy) is 1. The number of alkyl halides is 4. The minimum atomic E-state index is -4.33. The van der Waals surface area contributed by atoms with Gasteiger partial charge in [0.15, 0.2) is 0 Å². The van der Waals surface area contributed by atoms with Gasteiger partial charge in [0.25, 0.3) is 0 Å². The minimum absolute atomic E-state index is 0.0536. The second-order valence-corrected chi connectivity index (χ2v) is 4.90. The average molecular weight is 320 g/mol. The van der Waals surface area contributed by atoms with Crippen molar-refractivity contribution in [3.05, 3.63) is 0 Å². The van der Waals surface area contributed by atoms with Crippen molar-refractivity contribution in [2.75, 3.05) is 19.8 Å². The Labute approximate surface area is 107 Å². The summed E-state index contributed by atoms with van der Waals surface area (Å²) in [5, 5.41) is 2.62. The van der Waals surface area contributed by atoms with Crippen LogP contribution < -0.4 is 5.32 Å². The summed E-state index contributed by atoms with van der Waals surface area (Å²) < 4.78 is 39.4. The maximum absolute atomic E-state index is 11.7. The predicted octanol–water partition coefficient (Wildman–Crippen LogP) is 2.64. The summed E-state index contributed by atoms with van der Waals surface area (Å²) in [7, 11) is 0. The molecule has 1 N–H and O–H groups in total. The van der Waals surface area contributed by atoms with Gasteiger partial charge in [0.05, 0.1) is 6.61 Å². The maximum Gasteiger partial charge on any atom is 0.411 e. The van der Waals surface area contributed by atoms with E-state index in [4.69, 9.17) is 0 Å². The summed E-state index contributed by atoms with van der Waals surface area (Å²) in [5.41, 5.74) is 0. The molecule has 7 heteroatoms. The van der Waals surface area contributed by atoms with E-state index in [1.165, 1.54) is 0 Å². The number of hydrogen-bond donors (Lipinski definition) is 1. The number of amides is 1. The molecule has 1 atom stereocenters. The van der Waals surface area contributed by atoms with Crippen molar-refractivity contribution in [3.8, 4) is 0 Å². The highest BCUT2D eigenvalue weighted by molar-refractivity contribution is 9.09. The number of hydrogen-bond acceptors (Lipinski definition) is 2. The van der Waals surface area contributed by atoms with Crippen LogP contribution >= 0.6 is 15.9 Å². The van der Waals surface area contributed by atoms with Gasteiger partial charge in [0, 0.05) is 17.8 Å². The van der Waals surface area contributed by atoms with E-state index in [0.717, 1.165) is 12.8 Å². The van der Waals surface area contributed by atoms with Gasteiger partial charge in [0.2, 0.25) is 5.91 Å². The predicted molar refractivity (Wildman–Crippen MR) is 62.1 cm³/mol. The van der Waals surface area contributed by atoms with Crippen LogP contribution in [0.3, 0.4) is 0 Å². The Kier molecular flexibility index (Phi) is 8.59. The van der Waals surface area contributed by atoms with Gasteiger partial charge < -0.3 is 10.1 Å². The Balaban J connectivity index is 3.47. The van der Waals surface area contributed by atoms with Crippen LogP contribution in [0.2, 0.25) is 0 Å². The van der Waals surface area contributed by atoms with E-state index in [0.29, 0.717) is 6.54 Å². The monoisotopic (exact) mass is 319 g/mol. The van der Waals surface area contributed by atoms with Crippen molar-refractivity contribution >= 4 is 21.8 Å². The molecule has 0 aliphatic heterocycles. The molecule has 102 valence electrons. The van der Waals surface area contributed by atoms with Crippen LogP contribution in [-0.4, -0.2) is 36.7 Å². The molecular formula is C10H17BrF3NO2. The van der Waals surface area contributed by atoms with Crippen LogP contribution in [0.15, 0.2) is 0 Å². The van der Waals surface area contributed by atoms with Gasteiger partial charge in [-0.25, -0.2) is 0 Å². The highest BCUT2D eigenvalue weighted by Gasteiger charge is 2.27. The van der Waals surface area contributed by atoms with Gasteiger partial charge in [-0.15, -0.1) is 0 Å². The van der Waals surface area contributed by atoms with Crippen LogP contribution in [0.4, 0.5) is 13.2 Å². The molecule has 3 nitrogen and oxygen atoms in total. The van der Waals surface area contributed by atoms with Crippen molar-refractivity contribution in [1.29, 1.82) is 0 Å². The van der Waals surface area contributed by atoms with Gasteiger partial charge in [-0.05, 0) is 6.42 Å². The first kappa shape index (κ1) is 16.7. The number of carbonyl (C=O) groups excluding carboxylic acids is 1. The van der Waals surface area contributed by atoms with E-state index >= 15 is 0 Å². The van der Waals surface area contributed by atoms with Crippen molar-refractivity contribution in [2.24, 2.45) is 0 Å². The molecule has 17 heavy (non-hydrogen) atoms. The Morgan fingerprint density at radius 1 is 1.47 bits per heavy atom. The van der Waals surface area contributed by atoms with Crippen molar-refractivity contribution in [2.45, 2.75) is 37.2 Å². The first-order valence-corrected chi connectivity index (χ1v) is 6.32. The molecule has 0 aromatic rings. The summed E-state index contributed by atoms with van der Waals surface area (Å²) >= 11 is 3.38. The molecule has 0 radical (unpaired) electrons. The normalized spacial score (nSPS) is 13.5. The molecule has 0 aliphatic rings. The second kappa shape index (κ2) is 8.74. The molecule has 0 fully saturated rings. The molecule has 0 spiro atoms. The van der Waals surface area contributed by atoms with Crippen LogP contribution in [0.25, 0.3) is 0 Å². The van der Waals surface area contributed by atoms with E-state index in [1.807, 2.05) is 6.92 Å². The molecule has 0 saturated heterocycles. The summed E-state index contributed by atoms with van der Waals surface area (Å²) in [6.45, 7) is 0.982. The lowest BCUT2D eigenvalue weighted by Gasteiger charge is -2.10. The maximum atomic E-state index is 11.7. The van der Waals surface area contributed by atoms with Crippen LogP contribution in [0.5, 0.6) is 0 Å². The van der Waals surface area contributed by atoms with E-state index in [9.17, 15) is 18.0 Å². The number of halogens is 4. The lowest BCUT2D eigenvalue weighted by Crippen LogP contribution is -2.30. The van der Waals surface area contributed by atoms with Gasteiger partial charge >= 0.3 is 6.18 Å². The van der Waals surface area contributed by atoms with Gasteiger partial charge in [-0.1, -0.05) is 29.3 Å². The fraction of sp³-hybridized carbons (Fsp3) is 0.900. The number of nitrogens with one attached hydrogen (secondary N) is 1. The van der Waals surface area contributed by atoms with E-state index in [2.05, 4.69) is 26.0 Å². The van der Waals surface area contributed by atoms with Gasteiger partial charge in [-0.3, -0.25) is 4.79 Å². The summed E-state index contributed by atoms with van der Waals surface area (Å²) in [4.78, 5) is 11.4. The second-order valence-electron chi connectivity index (χ2n) is 3.61. The van der Waals surface area contributed by atoms with Gasteiger partial charge in [-0.2, -0.15) is 13.2 Å². The molecule has 0 aromatic carbocycles. The van der Waals surface area contributed by atoms with Crippen LogP contribution in [0.1, 0.15) is 26.2 Å². The minimum Gasteiger partial charge on any atom is -0.372 e. The Morgan fingerprint density at radius 3 is 2.65 bits per heavy atom. The highest BCUT2D eigenvalue weighted by atomic mass is 79.9. The number of rotatable bonds is 8. The molecule has 0 rings (SSSR count). The molecule has 0 bridgehead atoms. The van der Waals surface area contributed by atoms with Crippen molar-refractivity contribution in [3.63, 3.8) is 0 Å². The standard InChI is InChI=1S/C10H17BrF3NO2/c1-2-3-8(11)6-15-9(16)4-5-17-7-10(12,13)14/h8H,2-7H2,1H3,(H,15,16). The molecular weight excluding hydrogens is 303 g/mol. The SMILES string of the molecule is CCCC(Br)CNC(=O)CCOCC(F)(F)F. The third-order valence-electron chi connectivity index (χ3n) is 1.86. The van der Waals surface area contributed by atoms with Gasteiger partial charge in [0.1, 0.15) is 6.61 Å². The quantitative estimate of drug-likeness (QED) is 0.551. The fourth-order valence-electron chi connectivity index (χ4n) is 1.08. The Bertz CT molecular complexity index is 224. The summed E-state index contributed by atoms with van der Waals surface area (Å²) in [6.07, 6.45) is -2.45. The average Bonchev–Trinajstić information content (AvgIpc) is 2.21. The number of carbonyl (C=O) groups is 1. The fourth-order valence-corrected chi connectivity index (χ4v) is 1.70. The summed E-state index contributed by atoms with van der Waals surface area (Å²) in [5.74, 6) is -0.298. The third-order valence-corrected chi connectivity index (χ3v) is 2.64. The Morgan fingerprint density at radius 2 is 2.12 bits per heavy atom. The lowest BCUT2D eigenvalue weighted by atomic mass is 10.2. The molecule has 0 saturated carbocycles. The lowest BCUT2D eigenvalue weighted by molar-refractivity contribution is -0.174. The van der Waals surface area contributed by atoms with Crippen molar-refractivity contribution < 1.29 is 22.7 Å². The molecule has 1 amide bonds. The van der Waals surface area contributed by atoms with Crippen LogP contribution in [-0.2, 0) is 9.53 Å².